The lowest BCUT2D eigenvalue weighted by Gasteiger charge is -2.24. The molecule has 2 atom stereocenters. The molecule has 5 N–H and O–H groups in total. The Morgan fingerprint density at radius 2 is 1.63 bits per heavy atom. The lowest BCUT2D eigenvalue weighted by Crippen LogP contribution is -2.46. The van der Waals surface area contributed by atoms with Crippen LogP contribution in [0.25, 0.3) is 0 Å². The van der Waals surface area contributed by atoms with E-state index in [2.05, 4.69) is 10.6 Å². The van der Waals surface area contributed by atoms with Crippen molar-refractivity contribution in [3.8, 4) is 0 Å². The number of hydrogen-bond acceptors (Lipinski definition) is 6. The fraction of sp³-hybridized carbons (Fsp3) is 0.400. The quantitative estimate of drug-likeness (QED) is 0.460. The van der Waals surface area contributed by atoms with Crippen molar-refractivity contribution in [2.45, 2.75) is 36.8 Å². The molecule has 0 aliphatic rings. The molecule has 2 aromatic rings. The number of benzene rings is 2. The summed E-state index contributed by atoms with van der Waals surface area (Å²) in [5, 5.41) is 15.6. The zero-order valence-electron chi connectivity index (χ0n) is 15.8. The number of anilines is 1. The van der Waals surface area contributed by atoms with Gasteiger partial charge in [-0.2, -0.15) is 0 Å². The molecule has 0 amide bonds. The molecule has 0 radical (unpaired) electrons. The molecule has 0 fully saturated rings. The second kappa shape index (κ2) is 9.85. The van der Waals surface area contributed by atoms with Gasteiger partial charge in [-0.05, 0) is 35.7 Å². The molecule has 6 nitrogen and oxygen atoms in total. The molecular weight excluding hydrogens is 362 g/mol. The van der Waals surface area contributed by atoms with Gasteiger partial charge in [-0.15, -0.1) is 0 Å². The van der Waals surface area contributed by atoms with Crippen LogP contribution in [-0.4, -0.2) is 38.1 Å². The summed E-state index contributed by atoms with van der Waals surface area (Å²) in [4.78, 5) is 0.222. The highest BCUT2D eigenvalue weighted by molar-refractivity contribution is 7.92. The summed E-state index contributed by atoms with van der Waals surface area (Å²) in [5.41, 5.74) is 7.29. The van der Waals surface area contributed by atoms with Crippen molar-refractivity contribution in [3.63, 3.8) is 0 Å². The Labute approximate surface area is 161 Å². The molecule has 27 heavy (non-hydrogen) atoms. The minimum atomic E-state index is -3.57. The van der Waals surface area contributed by atoms with Crippen LogP contribution in [0.2, 0.25) is 0 Å². The summed E-state index contributed by atoms with van der Waals surface area (Å²) in [7, 11) is -3.57. The van der Waals surface area contributed by atoms with Crippen LogP contribution in [0.4, 0.5) is 5.69 Å². The first kappa shape index (κ1) is 21.4. The molecule has 0 aliphatic carbocycles. The lowest BCUT2D eigenvalue weighted by atomic mass is 10.2. The Hall–Kier alpha value is -1.93. The highest BCUT2D eigenvalue weighted by Crippen LogP contribution is 2.21. The fourth-order valence-electron chi connectivity index (χ4n) is 2.81. The number of nitrogens with one attached hydrogen (secondary N) is 2. The van der Waals surface area contributed by atoms with Gasteiger partial charge in [0.25, 0.3) is 0 Å². The van der Waals surface area contributed by atoms with E-state index in [1.807, 2.05) is 44.2 Å². The monoisotopic (exact) mass is 391 g/mol. The predicted octanol–water partition coefficient (Wildman–Crippen LogP) is 1.76. The van der Waals surface area contributed by atoms with Crippen LogP contribution in [0, 0.1) is 5.92 Å². The molecule has 0 aromatic heterocycles. The average Bonchev–Trinajstić information content (AvgIpc) is 2.62. The Morgan fingerprint density at radius 1 is 1.00 bits per heavy atom. The molecule has 0 aliphatic heterocycles. The van der Waals surface area contributed by atoms with Crippen LogP contribution < -0.4 is 16.4 Å². The van der Waals surface area contributed by atoms with E-state index < -0.39 is 21.3 Å². The van der Waals surface area contributed by atoms with Gasteiger partial charge in [0.15, 0.2) is 9.84 Å². The van der Waals surface area contributed by atoms with E-state index in [0.29, 0.717) is 18.8 Å². The fourth-order valence-corrected chi connectivity index (χ4v) is 4.65. The molecule has 148 valence electrons. The molecule has 0 bridgehead atoms. The van der Waals surface area contributed by atoms with E-state index in [4.69, 9.17) is 5.73 Å². The number of aliphatic hydroxyl groups excluding tert-OH is 1. The van der Waals surface area contributed by atoms with E-state index in [9.17, 15) is 13.5 Å². The summed E-state index contributed by atoms with van der Waals surface area (Å²) >= 11 is 0. The maximum atomic E-state index is 12.9. The van der Waals surface area contributed by atoms with Gasteiger partial charge in [0.2, 0.25) is 0 Å². The molecule has 0 heterocycles. The van der Waals surface area contributed by atoms with Crippen molar-refractivity contribution in [3.05, 3.63) is 60.2 Å². The smallest absolute Gasteiger partial charge is 0.194 e. The third-order valence-corrected chi connectivity index (χ3v) is 6.56. The van der Waals surface area contributed by atoms with Gasteiger partial charge >= 0.3 is 0 Å². The second-order valence-corrected chi connectivity index (χ2v) is 9.03. The minimum Gasteiger partial charge on any atom is -0.399 e. The van der Waals surface area contributed by atoms with Gasteiger partial charge in [0.05, 0.1) is 11.0 Å². The second-order valence-electron chi connectivity index (χ2n) is 6.96. The first-order valence-corrected chi connectivity index (χ1v) is 10.6. The van der Waals surface area contributed by atoms with Crippen LogP contribution in [-0.2, 0) is 16.4 Å². The molecule has 0 spiro atoms. The van der Waals surface area contributed by atoms with Crippen LogP contribution in [0.15, 0.2) is 59.5 Å². The maximum absolute atomic E-state index is 12.9. The Bertz CT molecular complexity index is 793. The normalized spacial score (nSPS) is 14.2. The van der Waals surface area contributed by atoms with E-state index in [1.165, 1.54) is 12.1 Å². The Kier molecular flexibility index (Phi) is 7.79. The van der Waals surface area contributed by atoms with Crippen molar-refractivity contribution >= 4 is 15.5 Å². The third kappa shape index (κ3) is 6.32. The number of nitrogen functional groups attached to an aromatic ring is 1. The van der Waals surface area contributed by atoms with E-state index >= 15 is 0 Å². The number of hydrogen-bond donors (Lipinski definition) is 4. The van der Waals surface area contributed by atoms with Crippen molar-refractivity contribution in [1.29, 1.82) is 0 Å². The summed E-state index contributed by atoms with van der Waals surface area (Å²) in [6.45, 7) is 4.88. The van der Waals surface area contributed by atoms with Gasteiger partial charge in [0, 0.05) is 25.3 Å². The molecule has 0 unspecified atom stereocenters. The van der Waals surface area contributed by atoms with Crippen LogP contribution in [0.1, 0.15) is 19.4 Å². The summed E-state index contributed by atoms with van der Waals surface area (Å²) in [5.74, 6) is -0.156. The lowest BCUT2D eigenvalue weighted by molar-refractivity contribution is 0.165. The highest BCUT2D eigenvalue weighted by Gasteiger charge is 2.30. The molecule has 2 rings (SSSR count). The SMILES string of the molecule is CC(C)[C@@H](NC[C@H](O)CNCc1ccccc1)S(=O)(=O)c1ccc(N)cc1. The van der Waals surface area contributed by atoms with E-state index in [0.717, 1.165) is 5.56 Å². The zero-order chi connectivity index (χ0) is 19.9. The van der Waals surface area contributed by atoms with Crippen molar-refractivity contribution in [2.24, 2.45) is 5.92 Å². The van der Waals surface area contributed by atoms with Gasteiger partial charge in [-0.25, -0.2) is 8.42 Å². The molecule has 0 saturated carbocycles. The number of aliphatic hydroxyl groups is 1. The average molecular weight is 392 g/mol. The van der Waals surface area contributed by atoms with Gasteiger partial charge in [-0.1, -0.05) is 44.2 Å². The van der Waals surface area contributed by atoms with E-state index in [1.54, 1.807) is 12.1 Å². The standard InChI is InChI=1S/C20H29N3O3S/c1-15(2)20(27(25,26)19-10-8-17(21)9-11-19)23-14-18(24)13-22-12-16-6-4-3-5-7-16/h3-11,15,18,20,22-24H,12-14,21H2,1-2H3/t18-,20+/m1/s1. The highest BCUT2D eigenvalue weighted by atomic mass is 32.2. The van der Waals surface area contributed by atoms with Gasteiger partial charge < -0.3 is 16.2 Å². The predicted molar refractivity (Wildman–Crippen MR) is 109 cm³/mol. The first-order valence-electron chi connectivity index (χ1n) is 9.06. The Morgan fingerprint density at radius 3 is 2.22 bits per heavy atom. The number of rotatable bonds is 10. The largest absolute Gasteiger partial charge is 0.399 e. The van der Waals surface area contributed by atoms with Crippen LogP contribution in [0.3, 0.4) is 0 Å². The molecule has 7 heteroatoms. The number of nitrogens with two attached hydrogens (primary N) is 1. The maximum Gasteiger partial charge on any atom is 0.194 e. The number of sulfone groups is 1. The molecule has 2 aromatic carbocycles. The van der Waals surface area contributed by atoms with Crippen LogP contribution in [0.5, 0.6) is 0 Å². The minimum absolute atomic E-state index is 0.156. The summed E-state index contributed by atoms with van der Waals surface area (Å²) in [6, 6.07) is 16.1. The van der Waals surface area contributed by atoms with Crippen molar-refractivity contribution in [2.75, 3.05) is 18.8 Å². The Balaban J connectivity index is 1.90. The van der Waals surface area contributed by atoms with Crippen molar-refractivity contribution < 1.29 is 13.5 Å². The van der Waals surface area contributed by atoms with Gasteiger partial charge in [0.1, 0.15) is 5.37 Å². The summed E-state index contributed by atoms with van der Waals surface area (Å²) in [6.07, 6.45) is -0.698. The van der Waals surface area contributed by atoms with E-state index in [-0.39, 0.29) is 17.4 Å². The van der Waals surface area contributed by atoms with Crippen LogP contribution >= 0.6 is 0 Å². The van der Waals surface area contributed by atoms with Crippen molar-refractivity contribution in [1.82, 2.24) is 10.6 Å². The third-order valence-electron chi connectivity index (χ3n) is 4.26. The first-order chi connectivity index (χ1) is 12.8. The topological polar surface area (TPSA) is 104 Å². The summed E-state index contributed by atoms with van der Waals surface area (Å²) < 4.78 is 25.8. The molecular formula is C20H29N3O3S. The zero-order valence-corrected chi connectivity index (χ0v) is 16.6. The van der Waals surface area contributed by atoms with Gasteiger partial charge in [-0.3, -0.25) is 5.32 Å². The molecule has 0 saturated heterocycles.